The summed E-state index contributed by atoms with van der Waals surface area (Å²) >= 11 is 0. The highest BCUT2D eigenvalue weighted by atomic mass is 19.4. The minimum atomic E-state index is -4.57. The molecule has 1 aromatic heterocycles. The molecule has 0 spiro atoms. The summed E-state index contributed by atoms with van der Waals surface area (Å²) in [6.07, 6.45) is -1.32. The van der Waals surface area contributed by atoms with Crippen LogP contribution in [0.25, 0.3) is 11.4 Å². The first-order valence-corrected chi connectivity index (χ1v) is 7.57. The summed E-state index contributed by atoms with van der Waals surface area (Å²) in [6.45, 7) is 2.19. The number of hydrogen-bond donors (Lipinski definition) is 0. The Kier molecular flexibility index (Phi) is 5.95. The monoisotopic (exact) mass is 354 g/mol. The van der Waals surface area contributed by atoms with Crippen LogP contribution >= 0.6 is 0 Å². The van der Waals surface area contributed by atoms with Gasteiger partial charge >= 0.3 is 12.1 Å². The fraction of sp³-hybridized carbons (Fsp3) is 0.353. The number of rotatable bonds is 6. The van der Waals surface area contributed by atoms with E-state index >= 15 is 0 Å². The first kappa shape index (κ1) is 18.7. The lowest BCUT2D eigenvalue weighted by molar-refractivity contribution is -0.140. The van der Waals surface area contributed by atoms with E-state index in [1.807, 2.05) is 6.92 Å². The van der Waals surface area contributed by atoms with Gasteiger partial charge in [-0.05, 0) is 30.2 Å². The molecule has 0 saturated carbocycles. The number of esters is 1. The second kappa shape index (κ2) is 7.96. The molecule has 2 rings (SSSR count). The van der Waals surface area contributed by atoms with Gasteiger partial charge in [-0.25, -0.2) is 9.97 Å². The summed E-state index contributed by atoms with van der Waals surface area (Å²) in [4.78, 5) is 19.1. The molecule has 25 heavy (non-hydrogen) atoms. The van der Waals surface area contributed by atoms with E-state index in [1.165, 1.54) is 31.6 Å². The zero-order valence-corrected chi connectivity index (χ0v) is 13.8. The third-order valence-electron chi connectivity index (χ3n) is 3.29. The Balaban J connectivity index is 2.35. The molecule has 0 aliphatic heterocycles. The van der Waals surface area contributed by atoms with E-state index in [0.717, 1.165) is 6.07 Å². The second-order valence-corrected chi connectivity index (χ2v) is 5.22. The number of methoxy groups -OCH3 is 1. The van der Waals surface area contributed by atoms with Crippen molar-refractivity contribution in [2.24, 2.45) is 0 Å². The molecule has 134 valence electrons. The Morgan fingerprint density at radius 2 is 1.88 bits per heavy atom. The van der Waals surface area contributed by atoms with E-state index in [2.05, 4.69) is 14.7 Å². The minimum absolute atomic E-state index is 0.0489. The standard InChI is InChI=1S/C17H17F3N2O3/c1-3-6-25-12-4-5-13(14(8-12)17(18,19)20)16-21-9-11(10-22-16)7-15(23)24-2/h4-5,8-10H,3,6-7H2,1-2H3. The molecule has 0 aliphatic carbocycles. The maximum absolute atomic E-state index is 13.4. The maximum Gasteiger partial charge on any atom is 0.417 e. The molecule has 0 saturated heterocycles. The van der Waals surface area contributed by atoms with Crippen LogP contribution in [0.2, 0.25) is 0 Å². The number of carbonyl (C=O) groups excluding carboxylic acids is 1. The van der Waals surface area contributed by atoms with E-state index < -0.39 is 17.7 Å². The smallest absolute Gasteiger partial charge is 0.417 e. The van der Waals surface area contributed by atoms with Crippen LogP contribution in [0.5, 0.6) is 5.75 Å². The van der Waals surface area contributed by atoms with Crippen LogP contribution < -0.4 is 4.74 Å². The highest BCUT2D eigenvalue weighted by molar-refractivity contribution is 5.72. The molecular formula is C17H17F3N2O3. The largest absolute Gasteiger partial charge is 0.494 e. The summed E-state index contributed by atoms with van der Waals surface area (Å²) in [5.41, 5.74) is -0.574. The Bertz CT molecular complexity index is 731. The fourth-order valence-corrected chi connectivity index (χ4v) is 2.09. The lowest BCUT2D eigenvalue weighted by Crippen LogP contribution is -2.10. The highest BCUT2D eigenvalue weighted by Crippen LogP contribution is 2.38. The van der Waals surface area contributed by atoms with Gasteiger partial charge < -0.3 is 9.47 Å². The van der Waals surface area contributed by atoms with E-state index in [-0.39, 0.29) is 23.6 Å². The van der Waals surface area contributed by atoms with Crippen LogP contribution in [0.4, 0.5) is 13.2 Å². The molecule has 2 aromatic rings. The normalized spacial score (nSPS) is 11.2. The van der Waals surface area contributed by atoms with Crippen molar-refractivity contribution in [1.29, 1.82) is 0 Å². The average Bonchev–Trinajstić information content (AvgIpc) is 2.59. The van der Waals surface area contributed by atoms with Gasteiger partial charge in [0.1, 0.15) is 5.75 Å². The molecule has 5 nitrogen and oxygen atoms in total. The van der Waals surface area contributed by atoms with Crippen LogP contribution in [0, 0.1) is 0 Å². The van der Waals surface area contributed by atoms with Gasteiger partial charge in [0, 0.05) is 18.0 Å². The fourth-order valence-electron chi connectivity index (χ4n) is 2.09. The quantitative estimate of drug-likeness (QED) is 0.741. The number of hydrogen-bond acceptors (Lipinski definition) is 5. The van der Waals surface area contributed by atoms with Gasteiger partial charge in [0.05, 0.1) is 25.7 Å². The van der Waals surface area contributed by atoms with Gasteiger partial charge in [-0.1, -0.05) is 6.92 Å². The van der Waals surface area contributed by atoms with Crippen LogP contribution in [-0.4, -0.2) is 29.7 Å². The lowest BCUT2D eigenvalue weighted by atomic mass is 10.1. The zero-order chi connectivity index (χ0) is 18.4. The topological polar surface area (TPSA) is 61.3 Å². The van der Waals surface area contributed by atoms with Crippen LogP contribution in [-0.2, 0) is 22.1 Å². The SMILES string of the molecule is CCCOc1ccc(-c2ncc(CC(=O)OC)cn2)c(C(F)(F)F)c1. The Labute approximate surface area is 142 Å². The molecule has 0 fully saturated rings. The zero-order valence-electron chi connectivity index (χ0n) is 13.8. The molecule has 0 radical (unpaired) electrons. The summed E-state index contributed by atoms with van der Waals surface area (Å²) in [6, 6.07) is 3.67. The Morgan fingerprint density at radius 1 is 1.20 bits per heavy atom. The molecule has 8 heteroatoms. The number of aromatic nitrogens is 2. The maximum atomic E-state index is 13.4. The van der Waals surface area contributed by atoms with Crippen molar-refractivity contribution < 1.29 is 27.4 Å². The summed E-state index contributed by atoms with van der Waals surface area (Å²) in [7, 11) is 1.25. The van der Waals surface area contributed by atoms with Gasteiger partial charge in [0.25, 0.3) is 0 Å². The first-order chi connectivity index (χ1) is 11.8. The predicted octanol–water partition coefficient (Wildman–Crippen LogP) is 3.67. The number of benzene rings is 1. The number of ether oxygens (including phenoxy) is 2. The molecule has 0 amide bonds. The van der Waals surface area contributed by atoms with E-state index in [0.29, 0.717) is 18.6 Å². The molecule has 0 atom stereocenters. The molecule has 0 bridgehead atoms. The van der Waals surface area contributed by atoms with Gasteiger partial charge in [-0.15, -0.1) is 0 Å². The van der Waals surface area contributed by atoms with E-state index in [9.17, 15) is 18.0 Å². The van der Waals surface area contributed by atoms with Crippen LogP contribution in [0.3, 0.4) is 0 Å². The Hall–Kier alpha value is -2.64. The van der Waals surface area contributed by atoms with E-state index in [4.69, 9.17) is 4.74 Å². The van der Waals surface area contributed by atoms with Crippen LogP contribution in [0.15, 0.2) is 30.6 Å². The molecule has 0 unspecified atom stereocenters. The van der Waals surface area contributed by atoms with Gasteiger partial charge in [0.2, 0.25) is 0 Å². The molecule has 1 aromatic carbocycles. The van der Waals surface area contributed by atoms with Gasteiger partial charge in [-0.3, -0.25) is 4.79 Å². The summed E-state index contributed by atoms with van der Waals surface area (Å²) in [5.74, 6) is -0.423. The first-order valence-electron chi connectivity index (χ1n) is 7.57. The van der Waals surface area contributed by atoms with Crippen molar-refractivity contribution in [2.75, 3.05) is 13.7 Å². The highest BCUT2D eigenvalue weighted by Gasteiger charge is 2.35. The molecule has 0 aliphatic rings. The van der Waals surface area contributed by atoms with Gasteiger partial charge in [0.15, 0.2) is 5.82 Å². The summed E-state index contributed by atoms with van der Waals surface area (Å²) in [5, 5.41) is 0. The Morgan fingerprint density at radius 3 is 2.44 bits per heavy atom. The number of alkyl halides is 3. The van der Waals surface area contributed by atoms with Gasteiger partial charge in [-0.2, -0.15) is 13.2 Å². The number of nitrogens with zero attached hydrogens (tertiary/aromatic N) is 2. The van der Waals surface area contributed by atoms with Crippen LogP contribution in [0.1, 0.15) is 24.5 Å². The lowest BCUT2D eigenvalue weighted by Gasteiger charge is -2.14. The summed E-state index contributed by atoms with van der Waals surface area (Å²) < 4.78 is 49.9. The third kappa shape index (κ3) is 4.91. The predicted molar refractivity (Wildman–Crippen MR) is 84.0 cm³/mol. The minimum Gasteiger partial charge on any atom is -0.494 e. The van der Waals surface area contributed by atoms with Crippen molar-refractivity contribution >= 4 is 5.97 Å². The van der Waals surface area contributed by atoms with Crippen molar-refractivity contribution in [3.8, 4) is 17.1 Å². The van der Waals surface area contributed by atoms with Crippen molar-refractivity contribution in [3.05, 3.63) is 41.7 Å². The van der Waals surface area contributed by atoms with E-state index in [1.54, 1.807) is 0 Å². The molecule has 1 heterocycles. The number of carbonyl (C=O) groups is 1. The van der Waals surface area contributed by atoms with Crippen molar-refractivity contribution in [1.82, 2.24) is 9.97 Å². The molecular weight excluding hydrogens is 337 g/mol. The van der Waals surface area contributed by atoms with Crippen molar-refractivity contribution in [3.63, 3.8) is 0 Å². The second-order valence-electron chi connectivity index (χ2n) is 5.22. The number of halogens is 3. The third-order valence-corrected chi connectivity index (χ3v) is 3.29. The average molecular weight is 354 g/mol. The molecule has 0 N–H and O–H groups in total. The van der Waals surface area contributed by atoms with Crippen molar-refractivity contribution in [2.45, 2.75) is 25.9 Å².